The van der Waals surface area contributed by atoms with E-state index in [1.165, 1.54) is 6.33 Å². The van der Waals surface area contributed by atoms with Gasteiger partial charge in [0.25, 0.3) is 0 Å². The summed E-state index contributed by atoms with van der Waals surface area (Å²) in [5, 5.41) is 73.5. The molecule has 0 amide bonds. The monoisotopic (exact) mass is 455 g/mol. The Balaban J connectivity index is 0. The molecule has 4 unspecified atom stereocenters. The fourth-order valence-corrected chi connectivity index (χ4v) is 1.26. The summed E-state index contributed by atoms with van der Waals surface area (Å²) in [7, 11) is 0. The van der Waals surface area contributed by atoms with Crippen LogP contribution in [-0.2, 0) is 30.4 Å². The fraction of sp³-hybridized carbons (Fsp3) is 0.429. The molecular formula is C14H21N3O14. The second kappa shape index (κ2) is 14.4. The lowest BCUT2D eigenvalue weighted by atomic mass is 10.2. The minimum absolute atomic E-state index is 0.287. The van der Waals surface area contributed by atoms with Crippen molar-refractivity contribution in [2.45, 2.75) is 36.9 Å². The molecule has 0 aliphatic heterocycles. The number of rotatable bonds is 9. The molecule has 12 N–H and O–H groups in total. The Kier molecular flexibility index (Phi) is 13.7. The van der Waals surface area contributed by atoms with Gasteiger partial charge in [-0.1, -0.05) is 0 Å². The van der Waals surface area contributed by atoms with Crippen molar-refractivity contribution in [1.29, 1.82) is 0 Å². The molecule has 0 radical (unpaired) electrons. The standard InChI is InChI=1S/C6H9N3O2.2C4H6O6/c7-5(6(10)11)1-4-2-8-3-9-4;2*5-1(3(7)8)2(6)4(9)10/h2-3,5H,1,7H2,(H,8,9)(H,10,11);2*1-2,5-6H,(H,7,8)(H,9,10)/t5-;;/m1../s1. The van der Waals surface area contributed by atoms with Crippen LogP contribution in [0.4, 0.5) is 0 Å². The minimum atomic E-state index is -2.27. The molecule has 0 fully saturated rings. The Bertz CT molecular complexity index is 665. The number of carboxylic acids is 5. The molecule has 1 aromatic rings. The maximum absolute atomic E-state index is 10.3. The molecule has 1 heterocycles. The number of imidazole rings is 1. The van der Waals surface area contributed by atoms with Crippen LogP contribution in [-0.4, -0.2) is 116 Å². The first-order valence-electron chi connectivity index (χ1n) is 7.72. The predicted molar refractivity (Wildman–Crippen MR) is 92.5 cm³/mol. The van der Waals surface area contributed by atoms with Crippen molar-refractivity contribution in [2.24, 2.45) is 5.73 Å². The smallest absolute Gasteiger partial charge is 0.335 e. The summed E-state index contributed by atoms with van der Waals surface area (Å²) in [5.41, 5.74) is 6.00. The number of aliphatic carboxylic acids is 5. The van der Waals surface area contributed by atoms with Gasteiger partial charge >= 0.3 is 29.8 Å². The third kappa shape index (κ3) is 12.5. The van der Waals surface area contributed by atoms with Crippen LogP contribution in [0.15, 0.2) is 12.5 Å². The largest absolute Gasteiger partial charge is 0.480 e. The van der Waals surface area contributed by atoms with Crippen molar-refractivity contribution < 1.29 is 69.9 Å². The highest BCUT2D eigenvalue weighted by molar-refractivity contribution is 5.83. The summed E-state index contributed by atoms with van der Waals surface area (Å²) < 4.78 is 0. The van der Waals surface area contributed by atoms with Crippen LogP contribution < -0.4 is 5.73 Å². The van der Waals surface area contributed by atoms with Gasteiger partial charge in [-0.2, -0.15) is 0 Å². The maximum atomic E-state index is 10.3. The van der Waals surface area contributed by atoms with E-state index in [4.69, 9.17) is 51.7 Å². The SMILES string of the molecule is N[C@H](Cc1cnc[nH]1)C(=O)O.O=C(O)C(O)C(O)C(=O)O.O=C(O)C(O)C(O)C(=O)O. The summed E-state index contributed by atoms with van der Waals surface area (Å²) in [4.78, 5) is 55.9. The molecule has 0 aromatic carbocycles. The molecule has 0 aliphatic carbocycles. The summed E-state index contributed by atoms with van der Waals surface area (Å²) in [5.74, 6) is -8.07. The number of H-pyrrole nitrogens is 1. The summed E-state index contributed by atoms with van der Waals surface area (Å²) in [6.45, 7) is 0. The minimum Gasteiger partial charge on any atom is -0.480 e. The highest BCUT2D eigenvalue weighted by Crippen LogP contribution is 1.95. The lowest BCUT2D eigenvalue weighted by Gasteiger charge is -2.07. The molecule has 0 saturated heterocycles. The van der Waals surface area contributed by atoms with Crippen LogP contribution in [0.3, 0.4) is 0 Å². The second-order valence-corrected chi connectivity index (χ2v) is 5.36. The normalized spacial score (nSPS) is 14.7. The number of hydrogen-bond donors (Lipinski definition) is 11. The molecule has 0 saturated carbocycles. The first-order valence-corrected chi connectivity index (χ1v) is 7.72. The van der Waals surface area contributed by atoms with Crippen LogP contribution in [0.1, 0.15) is 5.69 Å². The van der Waals surface area contributed by atoms with Crippen molar-refractivity contribution in [2.75, 3.05) is 0 Å². The number of carboxylic acid groups (broad SMARTS) is 5. The highest BCUT2D eigenvalue weighted by Gasteiger charge is 2.30. The van der Waals surface area contributed by atoms with Gasteiger partial charge in [0.15, 0.2) is 24.4 Å². The molecule has 5 atom stereocenters. The van der Waals surface area contributed by atoms with Crippen molar-refractivity contribution in [1.82, 2.24) is 9.97 Å². The molecular weight excluding hydrogens is 434 g/mol. The van der Waals surface area contributed by atoms with Gasteiger partial charge in [-0.25, -0.2) is 24.2 Å². The highest BCUT2D eigenvalue weighted by atomic mass is 16.4. The first-order chi connectivity index (χ1) is 14.1. The lowest BCUT2D eigenvalue weighted by Crippen LogP contribution is -2.39. The summed E-state index contributed by atoms with van der Waals surface area (Å²) in [6.07, 6.45) is -5.73. The number of aliphatic hydroxyl groups is 4. The fourth-order valence-electron chi connectivity index (χ4n) is 1.26. The number of nitrogens with two attached hydrogens (primary N) is 1. The van der Waals surface area contributed by atoms with Crippen molar-refractivity contribution in [3.63, 3.8) is 0 Å². The average Bonchev–Trinajstić information content (AvgIpc) is 3.19. The second-order valence-electron chi connectivity index (χ2n) is 5.36. The molecule has 0 aliphatic rings. The number of carbonyl (C=O) groups is 5. The van der Waals surface area contributed by atoms with E-state index in [1.807, 2.05) is 0 Å². The van der Waals surface area contributed by atoms with E-state index >= 15 is 0 Å². The number of nitrogens with zero attached hydrogens (tertiary/aromatic N) is 1. The van der Waals surface area contributed by atoms with E-state index in [1.54, 1.807) is 6.20 Å². The van der Waals surface area contributed by atoms with E-state index in [9.17, 15) is 24.0 Å². The van der Waals surface area contributed by atoms with Crippen LogP contribution in [0.2, 0.25) is 0 Å². The zero-order valence-electron chi connectivity index (χ0n) is 15.3. The molecule has 1 aromatic heterocycles. The zero-order chi connectivity index (χ0) is 24.9. The van der Waals surface area contributed by atoms with Gasteiger partial charge in [0.2, 0.25) is 0 Å². The van der Waals surface area contributed by atoms with E-state index < -0.39 is 60.3 Å². The molecule has 31 heavy (non-hydrogen) atoms. The molecule has 17 nitrogen and oxygen atoms in total. The molecule has 17 heteroatoms. The molecule has 1 rings (SSSR count). The van der Waals surface area contributed by atoms with Gasteiger partial charge in [-0.3, -0.25) is 4.79 Å². The topological polar surface area (TPSA) is 322 Å². The van der Waals surface area contributed by atoms with Crippen LogP contribution in [0, 0.1) is 0 Å². The van der Waals surface area contributed by atoms with E-state index in [0.717, 1.165) is 5.69 Å². The zero-order valence-corrected chi connectivity index (χ0v) is 15.3. The third-order valence-electron chi connectivity index (χ3n) is 2.92. The van der Waals surface area contributed by atoms with Gasteiger partial charge in [-0.05, 0) is 0 Å². The first kappa shape index (κ1) is 29.6. The van der Waals surface area contributed by atoms with E-state index in [2.05, 4.69) is 9.97 Å². The predicted octanol–water partition coefficient (Wildman–Crippen LogP) is -4.88. The Morgan fingerprint density at radius 2 is 1.06 bits per heavy atom. The van der Waals surface area contributed by atoms with Crippen molar-refractivity contribution in [3.8, 4) is 0 Å². The Morgan fingerprint density at radius 3 is 1.26 bits per heavy atom. The van der Waals surface area contributed by atoms with Gasteiger partial charge in [-0.15, -0.1) is 0 Å². The van der Waals surface area contributed by atoms with Crippen molar-refractivity contribution in [3.05, 3.63) is 18.2 Å². The Labute approximate surface area is 171 Å². The van der Waals surface area contributed by atoms with Crippen molar-refractivity contribution >= 4 is 29.8 Å². The van der Waals surface area contributed by atoms with Crippen LogP contribution in [0.5, 0.6) is 0 Å². The third-order valence-corrected chi connectivity index (χ3v) is 2.92. The van der Waals surface area contributed by atoms with Gasteiger partial charge < -0.3 is 56.7 Å². The van der Waals surface area contributed by atoms with Gasteiger partial charge in [0.05, 0.1) is 6.33 Å². The van der Waals surface area contributed by atoms with Gasteiger partial charge in [0.1, 0.15) is 6.04 Å². The number of aromatic amines is 1. The average molecular weight is 455 g/mol. The lowest BCUT2D eigenvalue weighted by molar-refractivity contribution is -0.165. The maximum Gasteiger partial charge on any atom is 0.335 e. The quantitative estimate of drug-likeness (QED) is 0.166. The van der Waals surface area contributed by atoms with Crippen LogP contribution in [0.25, 0.3) is 0 Å². The van der Waals surface area contributed by atoms with E-state index in [0.29, 0.717) is 0 Å². The van der Waals surface area contributed by atoms with Gasteiger partial charge in [0, 0.05) is 18.3 Å². The summed E-state index contributed by atoms with van der Waals surface area (Å²) >= 11 is 0. The number of aliphatic hydroxyl groups excluding tert-OH is 4. The number of hydrogen-bond acceptors (Lipinski definition) is 11. The molecule has 0 spiro atoms. The number of nitrogens with one attached hydrogen (secondary N) is 1. The Hall–Kier alpha value is -3.64. The molecule has 176 valence electrons. The molecule has 0 bridgehead atoms. The Morgan fingerprint density at radius 1 is 0.742 bits per heavy atom. The summed E-state index contributed by atoms with van der Waals surface area (Å²) in [6, 6.07) is -0.851. The number of aromatic nitrogens is 2. The van der Waals surface area contributed by atoms with Crippen LogP contribution >= 0.6 is 0 Å². The van der Waals surface area contributed by atoms with E-state index in [-0.39, 0.29) is 6.42 Å².